The molecule has 0 spiro atoms. The van der Waals surface area contributed by atoms with Gasteiger partial charge < -0.3 is 20.5 Å². The fourth-order valence-corrected chi connectivity index (χ4v) is 3.34. The van der Waals surface area contributed by atoms with Crippen molar-refractivity contribution in [2.24, 2.45) is 5.73 Å². The first-order chi connectivity index (χ1) is 13.4. The maximum absolute atomic E-state index is 12.3. The third-order valence-corrected chi connectivity index (χ3v) is 5.15. The van der Waals surface area contributed by atoms with Crippen LogP contribution in [0, 0.1) is 0 Å². The molecular weight excluding hydrogens is 398 g/mol. The lowest BCUT2D eigenvalue weighted by Gasteiger charge is -2.32. The van der Waals surface area contributed by atoms with Gasteiger partial charge in [-0.05, 0) is 31.9 Å². The standard InChI is InChI=1S/C20H29N3O5.ClH/c1-20(19(21)26)10-6-11-23(20)12-9-17(24)22-16(18(25)27-2)14-28-13-15-7-4-3-5-8-15;/h3-5,7-8,16H,6,9-14H2,1-2H3,(H2,21,26)(H,22,24);1H/t16?,20-;/m0./s1. The van der Waals surface area contributed by atoms with Crippen LogP contribution in [0.15, 0.2) is 30.3 Å². The summed E-state index contributed by atoms with van der Waals surface area (Å²) < 4.78 is 10.3. The molecule has 162 valence electrons. The van der Waals surface area contributed by atoms with Crippen molar-refractivity contribution < 1.29 is 23.9 Å². The molecule has 1 saturated heterocycles. The van der Waals surface area contributed by atoms with Crippen LogP contribution in [0.1, 0.15) is 31.7 Å². The number of carbonyl (C=O) groups excluding carboxylic acids is 3. The summed E-state index contributed by atoms with van der Waals surface area (Å²) in [6, 6.07) is 8.65. The van der Waals surface area contributed by atoms with Gasteiger partial charge in [-0.15, -0.1) is 12.4 Å². The van der Waals surface area contributed by atoms with Gasteiger partial charge in [0.15, 0.2) is 6.04 Å². The van der Waals surface area contributed by atoms with E-state index in [1.54, 1.807) is 6.92 Å². The Balaban J connectivity index is 0.00000420. The van der Waals surface area contributed by atoms with Crippen molar-refractivity contribution in [1.82, 2.24) is 10.2 Å². The quantitative estimate of drug-likeness (QED) is 0.539. The Hall–Kier alpha value is -2.16. The molecule has 8 nitrogen and oxygen atoms in total. The number of primary amides is 1. The number of ether oxygens (including phenoxy) is 2. The van der Waals surface area contributed by atoms with Gasteiger partial charge >= 0.3 is 5.97 Å². The second-order valence-electron chi connectivity index (χ2n) is 7.12. The number of nitrogens with zero attached hydrogens (tertiary/aromatic N) is 1. The average Bonchev–Trinajstić information content (AvgIpc) is 3.08. The van der Waals surface area contributed by atoms with E-state index in [-0.39, 0.29) is 37.2 Å². The number of likely N-dealkylation sites (tertiary alicyclic amines) is 1. The van der Waals surface area contributed by atoms with E-state index in [1.807, 2.05) is 35.2 Å². The molecule has 9 heteroatoms. The van der Waals surface area contributed by atoms with Gasteiger partial charge in [0.05, 0.1) is 25.9 Å². The van der Waals surface area contributed by atoms with Crippen LogP contribution in [-0.2, 0) is 30.5 Å². The number of methoxy groups -OCH3 is 1. The van der Waals surface area contributed by atoms with Crippen molar-refractivity contribution in [2.45, 2.75) is 44.4 Å². The van der Waals surface area contributed by atoms with E-state index in [9.17, 15) is 14.4 Å². The van der Waals surface area contributed by atoms with E-state index in [1.165, 1.54) is 7.11 Å². The van der Waals surface area contributed by atoms with Gasteiger partial charge in [0, 0.05) is 13.0 Å². The van der Waals surface area contributed by atoms with Crippen LogP contribution < -0.4 is 11.1 Å². The van der Waals surface area contributed by atoms with Crippen molar-refractivity contribution in [2.75, 3.05) is 26.8 Å². The zero-order valence-corrected chi connectivity index (χ0v) is 17.7. The number of nitrogens with two attached hydrogens (primary N) is 1. The minimum absolute atomic E-state index is 0. The van der Waals surface area contributed by atoms with Gasteiger partial charge in [-0.2, -0.15) is 0 Å². The molecule has 3 N–H and O–H groups in total. The first-order valence-electron chi connectivity index (χ1n) is 9.40. The number of esters is 1. The fraction of sp³-hybridized carbons (Fsp3) is 0.550. The lowest BCUT2D eigenvalue weighted by molar-refractivity contribution is -0.147. The molecule has 1 unspecified atom stereocenters. The molecule has 29 heavy (non-hydrogen) atoms. The fourth-order valence-electron chi connectivity index (χ4n) is 3.34. The van der Waals surface area contributed by atoms with E-state index in [0.717, 1.165) is 12.0 Å². The van der Waals surface area contributed by atoms with Crippen LogP contribution in [-0.4, -0.2) is 61.1 Å². The number of halogens is 1. The smallest absolute Gasteiger partial charge is 0.330 e. The third-order valence-electron chi connectivity index (χ3n) is 5.15. The molecule has 1 aliphatic rings. The summed E-state index contributed by atoms with van der Waals surface area (Å²) in [7, 11) is 1.27. The first kappa shape index (κ1) is 24.9. The Bertz CT molecular complexity index is 688. The van der Waals surface area contributed by atoms with Crippen LogP contribution in [0.4, 0.5) is 0 Å². The predicted molar refractivity (Wildman–Crippen MR) is 110 cm³/mol. The normalized spacial score (nSPS) is 19.8. The zero-order valence-electron chi connectivity index (χ0n) is 16.9. The highest BCUT2D eigenvalue weighted by Crippen LogP contribution is 2.28. The van der Waals surface area contributed by atoms with Crippen LogP contribution in [0.5, 0.6) is 0 Å². The van der Waals surface area contributed by atoms with Gasteiger partial charge in [0.25, 0.3) is 0 Å². The highest BCUT2D eigenvalue weighted by molar-refractivity contribution is 5.86. The molecule has 1 aromatic rings. The summed E-state index contributed by atoms with van der Waals surface area (Å²) in [6.07, 6.45) is 1.69. The lowest BCUT2D eigenvalue weighted by atomic mass is 9.98. The minimum Gasteiger partial charge on any atom is -0.467 e. The molecule has 1 aliphatic heterocycles. The zero-order chi connectivity index (χ0) is 20.6. The molecule has 0 aromatic heterocycles. The van der Waals surface area contributed by atoms with Crippen molar-refractivity contribution in [3.8, 4) is 0 Å². The van der Waals surface area contributed by atoms with Gasteiger partial charge in [-0.25, -0.2) is 4.79 Å². The van der Waals surface area contributed by atoms with Crippen LogP contribution in [0.3, 0.4) is 0 Å². The molecular formula is C20H30ClN3O5. The summed E-state index contributed by atoms with van der Waals surface area (Å²) >= 11 is 0. The molecule has 1 heterocycles. The monoisotopic (exact) mass is 427 g/mol. The summed E-state index contributed by atoms with van der Waals surface area (Å²) in [6.45, 7) is 3.25. The lowest BCUT2D eigenvalue weighted by Crippen LogP contribution is -2.52. The summed E-state index contributed by atoms with van der Waals surface area (Å²) in [5.41, 5.74) is 5.76. The third kappa shape index (κ3) is 6.99. The average molecular weight is 428 g/mol. The number of nitrogens with one attached hydrogen (secondary N) is 1. The van der Waals surface area contributed by atoms with E-state index >= 15 is 0 Å². The van der Waals surface area contributed by atoms with Crippen molar-refractivity contribution >= 4 is 30.2 Å². The van der Waals surface area contributed by atoms with E-state index < -0.39 is 17.6 Å². The molecule has 2 atom stereocenters. The van der Waals surface area contributed by atoms with Crippen molar-refractivity contribution in [3.63, 3.8) is 0 Å². The number of hydrogen-bond acceptors (Lipinski definition) is 6. The van der Waals surface area contributed by atoms with E-state index in [0.29, 0.717) is 26.1 Å². The van der Waals surface area contributed by atoms with Crippen LogP contribution >= 0.6 is 12.4 Å². The van der Waals surface area contributed by atoms with Gasteiger partial charge in [0.2, 0.25) is 11.8 Å². The van der Waals surface area contributed by atoms with Gasteiger partial charge in [0.1, 0.15) is 0 Å². The predicted octanol–water partition coefficient (Wildman–Crippen LogP) is 1.01. The van der Waals surface area contributed by atoms with Crippen molar-refractivity contribution in [1.29, 1.82) is 0 Å². The van der Waals surface area contributed by atoms with Crippen LogP contribution in [0.25, 0.3) is 0 Å². The molecule has 0 radical (unpaired) electrons. The highest BCUT2D eigenvalue weighted by Gasteiger charge is 2.41. The second-order valence-corrected chi connectivity index (χ2v) is 7.12. The summed E-state index contributed by atoms with van der Waals surface area (Å²) in [4.78, 5) is 37.9. The van der Waals surface area contributed by atoms with E-state index in [2.05, 4.69) is 5.32 Å². The molecule has 1 aromatic carbocycles. The largest absolute Gasteiger partial charge is 0.467 e. The number of benzene rings is 1. The molecule has 1 fully saturated rings. The molecule has 0 bridgehead atoms. The molecule has 2 rings (SSSR count). The van der Waals surface area contributed by atoms with E-state index in [4.69, 9.17) is 15.2 Å². The van der Waals surface area contributed by atoms with Gasteiger partial charge in [-0.1, -0.05) is 30.3 Å². The Morgan fingerprint density at radius 2 is 1.97 bits per heavy atom. The highest BCUT2D eigenvalue weighted by atomic mass is 35.5. The Morgan fingerprint density at radius 3 is 2.59 bits per heavy atom. The minimum atomic E-state index is -0.887. The molecule has 2 amide bonds. The second kappa shape index (κ2) is 11.7. The Kier molecular flexibility index (Phi) is 10.1. The number of hydrogen-bond donors (Lipinski definition) is 2. The topological polar surface area (TPSA) is 111 Å². The van der Waals surface area contributed by atoms with Gasteiger partial charge in [-0.3, -0.25) is 14.5 Å². The Labute approximate surface area is 177 Å². The Morgan fingerprint density at radius 1 is 1.28 bits per heavy atom. The summed E-state index contributed by atoms with van der Waals surface area (Å²) in [5.74, 6) is -1.26. The SMILES string of the molecule is COC(=O)C(COCc1ccccc1)NC(=O)CCN1CCC[C@@]1(C)C(N)=O.Cl. The number of amides is 2. The maximum Gasteiger partial charge on any atom is 0.330 e. The number of carbonyl (C=O) groups is 3. The molecule has 0 aliphatic carbocycles. The maximum atomic E-state index is 12.3. The molecule has 0 saturated carbocycles. The summed E-state index contributed by atoms with van der Waals surface area (Å²) in [5, 5.41) is 2.65. The first-order valence-corrected chi connectivity index (χ1v) is 9.40. The number of rotatable bonds is 10. The van der Waals surface area contributed by atoms with Crippen molar-refractivity contribution in [3.05, 3.63) is 35.9 Å². The van der Waals surface area contributed by atoms with Crippen LogP contribution in [0.2, 0.25) is 0 Å².